The van der Waals surface area contributed by atoms with Gasteiger partial charge in [0.05, 0.1) is 17.8 Å². The number of benzene rings is 2. The van der Waals surface area contributed by atoms with Crippen molar-refractivity contribution < 1.29 is 31.5 Å². The number of nitrogens with zero attached hydrogens (tertiary/aromatic N) is 1. The maximum atomic E-state index is 13.7. The normalized spacial score (nSPS) is 13.5. The van der Waals surface area contributed by atoms with Crippen LogP contribution in [0, 0.1) is 29.1 Å². The van der Waals surface area contributed by atoms with Crippen LogP contribution < -0.4 is 10.2 Å². The van der Waals surface area contributed by atoms with Gasteiger partial charge in [-0.3, -0.25) is 9.59 Å². The van der Waals surface area contributed by atoms with E-state index in [0.29, 0.717) is 5.69 Å². The SMILES string of the molecule is O=C1CN(C(=O)Cc2c(F)c(F)c(F)c(F)c2F)c2ccccc2N1. The van der Waals surface area contributed by atoms with Crippen LogP contribution in [-0.2, 0) is 16.0 Å². The minimum atomic E-state index is -2.30. The average Bonchev–Trinajstić information content (AvgIpc) is 2.61. The summed E-state index contributed by atoms with van der Waals surface area (Å²) in [6.07, 6.45) is -1.09. The topological polar surface area (TPSA) is 49.4 Å². The number of hydrogen-bond donors (Lipinski definition) is 1. The quantitative estimate of drug-likeness (QED) is 0.511. The van der Waals surface area contributed by atoms with Crippen molar-refractivity contribution in [3.05, 3.63) is 58.9 Å². The molecule has 4 nitrogen and oxygen atoms in total. The summed E-state index contributed by atoms with van der Waals surface area (Å²) < 4.78 is 67.0. The number of rotatable bonds is 2. The lowest BCUT2D eigenvalue weighted by Crippen LogP contribution is -2.43. The molecule has 0 atom stereocenters. The minimum Gasteiger partial charge on any atom is -0.323 e. The second kappa shape index (κ2) is 6.15. The molecule has 0 bridgehead atoms. The first-order valence-corrected chi connectivity index (χ1v) is 7.00. The van der Waals surface area contributed by atoms with Crippen molar-refractivity contribution in [3.63, 3.8) is 0 Å². The molecule has 0 aliphatic carbocycles. The molecule has 0 unspecified atom stereocenters. The number of nitrogens with one attached hydrogen (secondary N) is 1. The Kier molecular flexibility index (Phi) is 4.15. The Morgan fingerprint density at radius 1 is 0.960 bits per heavy atom. The van der Waals surface area contributed by atoms with Gasteiger partial charge in [0.2, 0.25) is 17.6 Å². The second-order valence-electron chi connectivity index (χ2n) is 5.27. The van der Waals surface area contributed by atoms with Crippen LogP contribution in [0.4, 0.5) is 33.3 Å². The molecule has 0 radical (unpaired) electrons. The van der Waals surface area contributed by atoms with Gasteiger partial charge in [0.1, 0.15) is 6.54 Å². The lowest BCUT2D eigenvalue weighted by atomic mass is 10.1. The molecule has 1 N–H and O–H groups in total. The molecule has 3 rings (SSSR count). The molecule has 25 heavy (non-hydrogen) atoms. The van der Waals surface area contributed by atoms with Crippen LogP contribution in [-0.4, -0.2) is 18.4 Å². The number of halogens is 5. The molecule has 2 amide bonds. The van der Waals surface area contributed by atoms with E-state index in [-0.39, 0.29) is 5.69 Å². The van der Waals surface area contributed by atoms with E-state index in [1.165, 1.54) is 12.1 Å². The molecule has 1 aliphatic rings. The Morgan fingerprint density at radius 3 is 2.16 bits per heavy atom. The molecule has 0 aromatic heterocycles. The first-order chi connectivity index (χ1) is 11.8. The summed E-state index contributed by atoms with van der Waals surface area (Å²) in [4.78, 5) is 24.9. The zero-order valence-corrected chi connectivity index (χ0v) is 12.4. The highest BCUT2D eigenvalue weighted by Gasteiger charge is 2.31. The van der Waals surface area contributed by atoms with Gasteiger partial charge in [-0.15, -0.1) is 0 Å². The van der Waals surface area contributed by atoms with E-state index >= 15 is 0 Å². The summed E-state index contributed by atoms with van der Waals surface area (Å²) in [6.45, 7) is -0.439. The van der Waals surface area contributed by atoms with Gasteiger partial charge in [0, 0.05) is 5.56 Å². The molecule has 0 saturated heterocycles. The fourth-order valence-electron chi connectivity index (χ4n) is 2.51. The molecule has 130 valence electrons. The van der Waals surface area contributed by atoms with Gasteiger partial charge >= 0.3 is 0 Å². The molecule has 0 saturated carbocycles. The van der Waals surface area contributed by atoms with Crippen molar-refractivity contribution in [1.29, 1.82) is 0 Å². The molecule has 9 heteroatoms. The smallest absolute Gasteiger partial charge is 0.244 e. The van der Waals surface area contributed by atoms with E-state index in [0.717, 1.165) is 4.90 Å². The molecule has 2 aromatic rings. The van der Waals surface area contributed by atoms with Crippen LogP contribution in [0.3, 0.4) is 0 Å². The van der Waals surface area contributed by atoms with Crippen LogP contribution in [0.15, 0.2) is 24.3 Å². The Morgan fingerprint density at radius 2 is 1.52 bits per heavy atom. The third kappa shape index (κ3) is 2.81. The number of carbonyl (C=O) groups is 2. The van der Waals surface area contributed by atoms with E-state index in [1.807, 2.05) is 0 Å². The molecule has 0 spiro atoms. The highest BCUT2D eigenvalue weighted by Crippen LogP contribution is 2.30. The zero-order chi connectivity index (χ0) is 18.3. The number of amides is 2. The second-order valence-corrected chi connectivity index (χ2v) is 5.27. The monoisotopic (exact) mass is 356 g/mol. The predicted molar refractivity (Wildman–Crippen MR) is 77.4 cm³/mol. The predicted octanol–water partition coefficient (Wildman–Crippen LogP) is 2.91. The van der Waals surface area contributed by atoms with E-state index in [1.54, 1.807) is 12.1 Å². The molecular weight excluding hydrogens is 347 g/mol. The first kappa shape index (κ1) is 16.9. The lowest BCUT2D eigenvalue weighted by Gasteiger charge is -2.29. The number of fused-ring (bicyclic) bond motifs is 1. The van der Waals surface area contributed by atoms with Crippen molar-refractivity contribution >= 4 is 23.2 Å². The van der Waals surface area contributed by atoms with E-state index in [2.05, 4.69) is 5.32 Å². The molecule has 1 heterocycles. The van der Waals surface area contributed by atoms with Gasteiger partial charge in [0.25, 0.3) is 0 Å². The molecule has 2 aromatic carbocycles. The van der Waals surface area contributed by atoms with Gasteiger partial charge in [-0.25, -0.2) is 22.0 Å². The number of para-hydroxylation sites is 2. The third-order valence-corrected chi connectivity index (χ3v) is 3.70. The van der Waals surface area contributed by atoms with Gasteiger partial charge in [0.15, 0.2) is 23.3 Å². The van der Waals surface area contributed by atoms with Gasteiger partial charge in [-0.05, 0) is 12.1 Å². The van der Waals surface area contributed by atoms with Gasteiger partial charge < -0.3 is 10.2 Å². The minimum absolute atomic E-state index is 0.260. The standard InChI is InChI=1S/C16H9F5N2O2/c17-12-7(13(18)15(20)16(21)14(12)19)5-11(25)23-6-10(24)22-8-3-1-2-4-9(8)23/h1-4H,5-6H2,(H,22,24). The summed E-state index contributed by atoms with van der Waals surface area (Å²) >= 11 is 0. The summed E-state index contributed by atoms with van der Waals surface area (Å²) in [5.41, 5.74) is -0.689. The number of hydrogen-bond acceptors (Lipinski definition) is 2. The summed E-state index contributed by atoms with van der Waals surface area (Å²) in [7, 11) is 0. The van der Waals surface area contributed by atoms with Crippen LogP contribution in [0.25, 0.3) is 0 Å². The average molecular weight is 356 g/mol. The van der Waals surface area contributed by atoms with Crippen LogP contribution in [0.2, 0.25) is 0 Å². The Hall–Kier alpha value is -2.97. The largest absolute Gasteiger partial charge is 0.323 e. The Bertz CT molecular complexity index is 871. The van der Waals surface area contributed by atoms with Crippen LogP contribution in [0.1, 0.15) is 5.56 Å². The number of carbonyl (C=O) groups excluding carboxylic acids is 2. The van der Waals surface area contributed by atoms with Gasteiger partial charge in [-0.2, -0.15) is 0 Å². The van der Waals surface area contributed by atoms with Crippen molar-refractivity contribution in [1.82, 2.24) is 0 Å². The summed E-state index contributed by atoms with van der Waals surface area (Å²) in [6, 6.07) is 6.14. The fourth-order valence-corrected chi connectivity index (χ4v) is 2.51. The van der Waals surface area contributed by atoms with E-state index in [9.17, 15) is 31.5 Å². The third-order valence-electron chi connectivity index (χ3n) is 3.70. The maximum Gasteiger partial charge on any atom is 0.244 e. The Balaban J connectivity index is 1.98. The first-order valence-electron chi connectivity index (χ1n) is 7.00. The lowest BCUT2D eigenvalue weighted by molar-refractivity contribution is -0.121. The van der Waals surface area contributed by atoms with Crippen LogP contribution >= 0.6 is 0 Å². The highest BCUT2D eigenvalue weighted by molar-refractivity contribution is 6.10. The molecular formula is C16H9F5N2O2. The van der Waals surface area contributed by atoms with E-state index in [4.69, 9.17) is 0 Å². The van der Waals surface area contributed by atoms with Crippen molar-refractivity contribution in [2.75, 3.05) is 16.8 Å². The summed E-state index contributed by atoms with van der Waals surface area (Å²) in [5.74, 6) is -12.2. The molecule has 0 fully saturated rings. The number of anilines is 2. The van der Waals surface area contributed by atoms with Crippen molar-refractivity contribution in [3.8, 4) is 0 Å². The maximum absolute atomic E-state index is 13.7. The van der Waals surface area contributed by atoms with Crippen molar-refractivity contribution in [2.45, 2.75) is 6.42 Å². The fraction of sp³-hybridized carbons (Fsp3) is 0.125. The zero-order valence-electron chi connectivity index (χ0n) is 12.4. The summed E-state index contributed by atoms with van der Waals surface area (Å²) in [5, 5.41) is 2.51. The molecule has 1 aliphatic heterocycles. The Labute approximate surface area is 137 Å². The highest BCUT2D eigenvalue weighted by atomic mass is 19.2. The van der Waals surface area contributed by atoms with E-state index < -0.39 is 59.4 Å². The van der Waals surface area contributed by atoms with Gasteiger partial charge in [-0.1, -0.05) is 12.1 Å². The van der Waals surface area contributed by atoms with Crippen LogP contribution in [0.5, 0.6) is 0 Å². The van der Waals surface area contributed by atoms with Crippen molar-refractivity contribution in [2.24, 2.45) is 0 Å².